The zero-order chi connectivity index (χ0) is 26.1. The van der Waals surface area contributed by atoms with Crippen LogP contribution in [0.15, 0.2) is 70.6 Å². The molecule has 12 heteroatoms. The van der Waals surface area contributed by atoms with Crippen LogP contribution in [-0.2, 0) is 13.1 Å². The first kappa shape index (κ1) is 23.9. The largest absolute Gasteiger partial charge is 0.359 e. The minimum atomic E-state index is -0.843. The van der Waals surface area contributed by atoms with Crippen molar-refractivity contribution in [3.05, 3.63) is 104 Å². The Kier molecular flexibility index (Phi) is 6.25. The lowest BCUT2D eigenvalue weighted by molar-refractivity contribution is 0.620. The van der Waals surface area contributed by atoms with Gasteiger partial charge in [-0.25, -0.2) is 18.5 Å². The summed E-state index contributed by atoms with van der Waals surface area (Å²) in [7, 11) is 0. The number of halogens is 2. The number of nitrogens with zero attached hydrogens (tertiary/aromatic N) is 7. The summed E-state index contributed by atoms with van der Waals surface area (Å²) in [6.45, 7) is 2.58. The average molecular weight is 517 g/mol. The van der Waals surface area contributed by atoms with Crippen molar-refractivity contribution in [2.45, 2.75) is 20.0 Å². The third-order valence-corrected chi connectivity index (χ3v) is 5.85. The number of rotatable bonds is 6. The quantitative estimate of drug-likeness (QED) is 0.365. The first-order chi connectivity index (χ1) is 17.9. The maximum atomic E-state index is 13.9. The number of benzene rings is 2. The highest BCUT2D eigenvalue weighted by atomic mass is 35.5. The number of fused-ring (bicyclic) bond motifs is 1. The first-order valence-corrected chi connectivity index (χ1v) is 11.5. The van der Waals surface area contributed by atoms with Crippen molar-refractivity contribution in [2.75, 3.05) is 5.32 Å². The summed E-state index contributed by atoms with van der Waals surface area (Å²) in [6, 6.07) is 12.5. The van der Waals surface area contributed by atoms with Gasteiger partial charge in [0.05, 0.1) is 34.5 Å². The molecule has 0 saturated carbocycles. The van der Waals surface area contributed by atoms with Crippen LogP contribution in [0.2, 0.25) is 5.02 Å². The molecule has 3 aromatic heterocycles. The zero-order valence-electron chi connectivity index (χ0n) is 19.4. The highest BCUT2D eigenvalue weighted by Gasteiger charge is 2.17. The van der Waals surface area contributed by atoms with Gasteiger partial charge in [0.15, 0.2) is 0 Å². The van der Waals surface area contributed by atoms with Crippen molar-refractivity contribution in [3.8, 4) is 11.8 Å². The van der Waals surface area contributed by atoms with Crippen LogP contribution in [0.25, 0.3) is 16.6 Å². The summed E-state index contributed by atoms with van der Waals surface area (Å²) in [6.07, 6.45) is 4.57. The Balaban J connectivity index is 1.65. The van der Waals surface area contributed by atoms with Crippen LogP contribution >= 0.6 is 11.6 Å². The van der Waals surface area contributed by atoms with Crippen molar-refractivity contribution in [1.82, 2.24) is 28.9 Å². The Bertz CT molecular complexity index is 1820. The molecule has 37 heavy (non-hydrogen) atoms. The Hall–Kier alpha value is -4.82. The number of aromatic nitrogens is 6. The van der Waals surface area contributed by atoms with Gasteiger partial charge in [0, 0.05) is 30.0 Å². The van der Waals surface area contributed by atoms with Gasteiger partial charge in [-0.3, -0.25) is 14.2 Å². The lowest BCUT2D eigenvalue weighted by atomic mass is 10.1. The number of pyridine rings is 1. The van der Waals surface area contributed by atoms with Gasteiger partial charge in [0.2, 0.25) is 5.95 Å². The maximum absolute atomic E-state index is 13.9. The lowest BCUT2D eigenvalue weighted by Gasteiger charge is -2.16. The molecule has 0 aliphatic rings. The van der Waals surface area contributed by atoms with Crippen molar-refractivity contribution in [3.63, 3.8) is 0 Å². The minimum Gasteiger partial charge on any atom is -0.325 e. The molecule has 5 aromatic rings. The van der Waals surface area contributed by atoms with E-state index in [4.69, 9.17) is 11.6 Å². The summed E-state index contributed by atoms with van der Waals surface area (Å²) < 4.78 is 17.8. The molecule has 0 aliphatic heterocycles. The van der Waals surface area contributed by atoms with Gasteiger partial charge in [-0.15, -0.1) is 0 Å². The third kappa shape index (κ3) is 4.70. The molecular weight excluding hydrogens is 499 g/mol. The number of nitrogens with one attached hydrogen (secondary N) is 1. The van der Waals surface area contributed by atoms with Crippen LogP contribution in [0.5, 0.6) is 0 Å². The van der Waals surface area contributed by atoms with E-state index in [-0.39, 0.29) is 28.8 Å². The summed E-state index contributed by atoms with van der Waals surface area (Å²) in [5, 5.41) is 17.8. The third-order valence-electron chi connectivity index (χ3n) is 5.64. The smallest absolute Gasteiger partial charge is 0.325 e. The number of anilines is 2. The highest BCUT2D eigenvalue weighted by Crippen LogP contribution is 2.21. The van der Waals surface area contributed by atoms with Crippen LogP contribution in [0.4, 0.5) is 16.0 Å². The fourth-order valence-corrected chi connectivity index (χ4v) is 4.03. The van der Waals surface area contributed by atoms with Gasteiger partial charge in [-0.05, 0) is 48.9 Å². The second-order valence-electron chi connectivity index (χ2n) is 8.09. The van der Waals surface area contributed by atoms with E-state index >= 15 is 0 Å². The molecule has 5 rings (SSSR count). The molecule has 3 heterocycles. The molecule has 0 atom stereocenters. The summed E-state index contributed by atoms with van der Waals surface area (Å²) in [4.78, 5) is 34.7. The number of hydrogen-bond donors (Lipinski definition) is 1. The zero-order valence-corrected chi connectivity index (χ0v) is 20.1. The van der Waals surface area contributed by atoms with Crippen molar-refractivity contribution in [2.24, 2.45) is 0 Å². The average Bonchev–Trinajstić information content (AvgIpc) is 3.30. The molecule has 184 valence electrons. The van der Waals surface area contributed by atoms with Crippen molar-refractivity contribution < 1.29 is 4.39 Å². The van der Waals surface area contributed by atoms with E-state index in [0.29, 0.717) is 17.8 Å². The molecule has 0 aliphatic carbocycles. The molecule has 10 nitrogen and oxygen atoms in total. The van der Waals surface area contributed by atoms with Gasteiger partial charge in [-0.2, -0.15) is 15.3 Å². The summed E-state index contributed by atoms with van der Waals surface area (Å²) in [5.74, 6) is -0.711. The summed E-state index contributed by atoms with van der Waals surface area (Å²) in [5.41, 5.74) is 0.219. The molecule has 0 radical (unpaired) electrons. The predicted molar refractivity (Wildman–Crippen MR) is 136 cm³/mol. The Morgan fingerprint density at radius 2 is 1.97 bits per heavy atom. The SMILES string of the molecule is CCn1cc2cc(Nc3nc(=O)n(-c4cncc(Cl)c4)c(=O)n3Cc3ccc(F)c(C#N)c3)ccc2n1. The van der Waals surface area contributed by atoms with Crippen LogP contribution < -0.4 is 16.7 Å². The van der Waals surface area contributed by atoms with Crippen molar-refractivity contribution in [1.29, 1.82) is 5.26 Å². The van der Waals surface area contributed by atoms with Crippen LogP contribution in [0.3, 0.4) is 0 Å². The maximum Gasteiger partial charge on any atom is 0.359 e. The normalized spacial score (nSPS) is 11.0. The topological polar surface area (TPSA) is 123 Å². The Morgan fingerprint density at radius 3 is 2.73 bits per heavy atom. The molecule has 0 unspecified atom stereocenters. The molecule has 0 spiro atoms. The fourth-order valence-electron chi connectivity index (χ4n) is 3.86. The predicted octanol–water partition coefficient (Wildman–Crippen LogP) is 3.61. The van der Waals surface area contributed by atoms with Gasteiger partial charge < -0.3 is 5.32 Å². The number of nitriles is 1. The van der Waals surface area contributed by atoms with E-state index in [1.807, 2.05) is 25.3 Å². The van der Waals surface area contributed by atoms with Gasteiger partial charge in [-0.1, -0.05) is 17.7 Å². The molecular formula is C25H18ClFN8O2. The molecule has 2 aromatic carbocycles. The molecule has 0 fully saturated rings. The number of aryl methyl sites for hydroxylation is 1. The van der Waals surface area contributed by atoms with Crippen LogP contribution in [0, 0.1) is 17.1 Å². The fraction of sp³-hybridized carbons (Fsp3) is 0.120. The van der Waals surface area contributed by atoms with Crippen LogP contribution in [-0.4, -0.2) is 28.9 Å². The standard InChI is InChI=1S/C25H18ClFN8O2/c1-2-33-14-17-8-19(4-6-22(17)32-33)30-23-31-24(36)35(20-9-18(26)11-29-12-20)25(37)34(23)13-15-3-5-21(27)16(7-15)10-28/h3-9,11-12,14H,2,13H2,1H3,(H,30,31,36). The van der Waals surface area contributed by atoms with Crippen LogP contribution in [0.1, 0.15) is 18.1 Å². The summed E-state index contributed by atoms with van der Waals surface area (Å²) >= 11 is 6.02. The minimum absolute atomic E-state index is 0.0358. The monoisotopic (exact) mass is 516 g/mol. The molecule has 1 N–H and O–H groups in total. The van der Waals surface area contributed by atoms with Gasteiger partial charge in [0.25, 0.3) is 0 Å². The van der Waals surface area contributed by atoms with E-state index in [0.717, 1.165) is 21.5 Å². The first-order valence-electron chi connectivity index (χ1n) is 11.1. The van der Waals surface area contributed by atoms with E-state index in [1.54, 1.807) is 16.8 Å². The molecule has 0 amide bonds. The Morgan fingerprint density at radius 1 is 1.14 bits per heavy atom. The highest BCUT2D eigenvalue weighted by molar-refractivity contribution is 6.30. The number of hydrogen-bond acceptors (Lipinski definition) is 7. The van der Waals surface area contributed by atoms with E-state index in [2.05, 4.69) is 20.4 Å². The van der Waals surface area contributed by atoms with Gasteiger partial charge >= 0.3 is 11.4 Å². The van der Waals surface area contributed by atoms with E-state index in [9.17, 15) is 19.2 Å². The molecule has 0 saturated heterocycles. The Labute approximate surface area is 213 Å². The van der Waals surface area contributed by atoms with E-state index in [1.165, 1.54) is 35.2 Å². The lowest BCUT2D eigenvalue weighted by Crippen LogP contribution is -2.41. The van der Waals surface area contributed by atoms with Crippen molar-refractivity contribution >= 4 is 34.1 Å². The second-order valence-corrected chi connectivity index (χ2v) is 8.53. The second kappa shape index (κ2) is 9.67. The molecule has 0 bridgehead atoms. The van der Waals surface area contributed by atoms with E-state index < -0.39 is 17.2 Å². The van der Waals surface area contributed by atoms with Gasteiger partial charge in [0.1, 0.15) is 11.9 Å².